The predicted molar refractivity (Wildman–Crippen MR) is 219 cm³/mol. The van der Waals surface area contributed by atoms with Gasteiger partial charge in [0.2, 0.25) is 5.91 Å². The van der Waals surface area contributed by atoms with Gasteiger partial charge in [-0.25, -0.2) is 4.57 Å². The molecule has 0 aliphatic heterocycles. The molecule has 56 heavy (non-hydrogen) atoms. The van der Waals surface area contributed by atoms with Gasteiger partial charge in [-0.3, -0.25) is 13.8 Å². The van der Waals surface area contributed by atoms with Crippen molar-refractivity contribution in [3.8, 4) is 0 Å². The lowest BCUT2D eigenvalue weighted by atomic mass is 9.85. The Labute approximate surface area is 336 Å². The molecule has 1 fully saturated rings. The summed E-state index contributed by atoms with van der Waals surface area (Å²) >= 11 is 0. The van der Waals surface area contributed by atoms with Crippen LogP contribution in [-0.4, -0.2) is 108 Å². The van der Waals surface area contributed by atoms with E-state index in [9.17, 15) is 50.0 Å². The number of phosphoric acid groups is 1. The number of aliphatic hydroxyl groups excluding tert-OH is 7. The van der Waals surface area contributed by atoms with Crippen molar-refractivity contribution >= 4 is 13.7 Å². The zero-order valence-electron chi connectivity index (χ0n) is 34.0. The lowest BCUT2D eigenvalue weighted by Crippen LogP contribution is -2.64. The van der Waals surface area contributed by atoms with E-state index in [2.05, 4.69) is 43.5 Å². The summed E-state index contributed by atoms with van der Waals surface area (Å²) in [6.45, 7) is 3.61. The van der Waals surface area contributed by atoms with Gasteiger partial charge in [0.15, 0.2) is 0 Å². The molecule has 13 nitrogen and oxygen atoms in total. The second kappa shape index (κ2) is 32.2. The number of phosphoric ester groups is 1. The number of allylic oxidation sites excluding steroid dienone is 6. The highest BCUT2D eigenvalue weighted by atomic mass is 31.2. The summed E-state index contributed by atoms with van der Waals surface area (Å²) < 4.78 is 22.7. The van der Waals surface area contributed by atoms with Crippen molar-refractivity contribution in [1.29, 1.82) is 0 Å². The molecule has 1 rings (SSSR count). The molecule has 0 saturated heterocycles. The molecule has 9 N–H and O–H groups in total. The number of nitrogens with one attached hydrogen (secondary N) is 1. The van der Waals surface area contributed by atoms with Gasteiger partial charge in [0.1, 0.15) is 36.6 Å². The first kappa shape index (κ1) is 52.3. The molecular weight excluding hydrogens is 741 g/mol. The number of rotatable bonds is 33. The molecule has 1 aliphatic carbocycles. The Morgan fingerprint density at radius 1 is 0.625 bits per heavy atom. The summed E-state index contributed by atoms with van der Waals surface area (Å²) in [7, 11) is -5.15. The minimum absolute atomic E-state index is 0.242. The average Bonchev–Trinajstić information content (AvgIpc) is 3.17. The molecule has 8 atom stereocenters. The van der Waals surface area contributed by atoms with Crippen LogP contribution < -0.4 is 5.32 Å². The summed E-state index contributed by atoms with van der Waals surface area (Å²) in [5.41, 5.74) is 0. The van der Waals surface area contributed by atoms with Crippen molar-refractivity contribution in [3.05, 3.63) is 48.6 Å². The van der Waals surface area contributed by atoms with E-state index in [1.54, 1.807) is 6.08 Å². The van der Waals surface area contributed by atoms with E-state index in [0.717, 1.165) is 51.4 Å². The van der Waals surface area contributed by atoms with Crippen LogP contribution in [0.5, 0.6) is 0 Å². The smallest absolute Gasteiger partial charge is 0.392 e. The van der Waals surface area contributed by atoms with Crippen LogP contribution in [-0.2, 0) is 18.4 Å². The Balaban J connectivity index is 2.63. The van der Waals surface area contributed by atoms with Crippen LogP contribution >= 0.6 is 7.82 Å². The van der Waals surface area contributed by atoms with Crippen molar-refractivity contribution in [3.63, 3.8) is 0 Å². The van der Waals surface area contributed by atoms with Crippen LogP contribution in [0.1, 0.15) is 149 Å². The lowest BCUT2D eigenvalue weighted by Gasteiger charge is -2.41. The molecular formula is C42H76NO12P. The molecule has 8 unspecified atom stereocenters. The van der Waals surface area contributed by atoms with E-state index in [1.165, 1.54) is 63.9 Å². The quantitative estimate of drug-likeness (QED) is 0.0212. The van der Waals surface area contributed by atoms with E-state index < -0.39 is 75.2 Å². The van der Waals surface area contributed by atoms with Crippen LogP contribution in [0, 0.1) is 0 Å². The second-order valence-corrected chi connectivity index (χ2v) is 16.4. The van der Waals surface area contributed by atoms with E-state index in [-0.39, 0.29) is 12.8 Å². The molecule has 1 saturated carbocycles. The number of carbonyl (C=O) groups is 1. The molecule has 0 aromatic carbocycles. The first-order valence-electron chi connectivity index (χ1n) is 21.2. The van der Waals surface area contributed by atoms with Crippen molar-refractivity contribution in [1.82, 2.24) is 5.32 Å². The highest BCUT2D eigenvalue weighted by molar-refractivity contribution is 7.47. The number of hydrogen-bond acceptors (Lipinski definition) is 11. The average molecular weight is 818 g/mol. The Bertz CT molecular complexity index is 1150. The largest absolute Gasteiger partial charge is 0.472 e. The maximum Gasteiger partial charge on any atom is 0.472 e. The van der Waals surface area contributed by atoms with Crippen LogP contribution in [0.3, 0.4) is 0 Å². The van der Waals surface area contributed by atoms with Gasteiger partial charge in [-0.1, -0.05) is 133 Å². The van der Waals surface area contributed by atoms with Gasteiger partial charge in [-0.15, -0.1) is 0 Å². The highest BCUT2D eigenvalue weighted by Gasteiger charge is 2.51. The van der Waals surface area contributed by atoms with Crippen molar-refractivity contribution < 1.29 is 59.0 Å². The molecule has 0 heterocycles. The zero-order valence-corrected chi connectivity index (χ0v) is 34.9. The Morgan fingerprint density at radius 2 is 1.05 bits per heavy atom. The molecule has 326 valence electrons. The number of amides is 1. The zero-order chi connectivity index (χ0) is 41.6. The molecule has 1 amide bonds. The molecule has 0 aromatic rings. The van der Waals surface area contributed by atoms with Crippen LogP contribution in [0.2, 0.25) is 0 Å². The van der Waals surface area contributed by atoms with Gasteiger partial charge in [-0.2, -0.15) is 0 Å². The van der Waals surface area contributed by atoms with Crippen molar-refractivity contribution in [2.75, 3.05) is 6.61 Å². The number of unbranched alkanes of at least 4 members (excludes halogenated alkanes) is 15. The van der Waals surface area contributed by atoms with Gasteiger partial charge in [0, 0.05) is 0 Å². The maximum atomic E-state index is 12.8. The second-order valence-electron chi connectivity index (χ2n) is 15.0. The third-order valence-electron chi connectivity index (χ3n) is 9.86. The molecule has 0 spiro atoms. The fourth-order valence-electron chi connectivity index (χ4n) is 6.33. The molecule has 0 bridgehead atoms. The molecule has 14 heteroatoms. The number of hydrogen-bond donors (Lipinski definition) is 9. The summed E-state index contributed by atoms with van der Waals surface area (Å²) in [4.78, 5) is 23.2. The highest BCUT2D eigenvalue weighted by Crippen LogP contribution is 2.47. The molecule has 1 aliphatic rings. The topological polar surface area (TPSA) is 226 Å². The fourth-order valence-corrected chi connectivity index (χ4v) is 7.29. The monoisotopic (exact) mass is 818 g/mol. The minimum Gasteiger partial charge on any atom is -0.392 e. The normalized spacial score (nSPS) is 24.7. The summed E-state index contributed by atoms with van der Waals surface area (Å²) in [5, 5.41) is 73.9. The standard InChI is InChI=1S/C42H76NO12P/c1-3-5-7-9-11-12-13-14-15-16-17-18-19-20-21-22-24-26-28-30-35(45)34(43-36(46)31-33(44)29-27-25-23-10-8-6-4-2)32-54-56(52,53)55-42-40(50)38(48)37(47)39(49)41(42)51/h17-18,21-22,25,27-28,30,33-35,37-42,44-45,47-51H,3-16,19-20,23-24,26,29,31-32H2,1-2H3,(H,43,46)(H,52,53)/b18-17+,22-21+,27-25-,30-28+. The van der Waals surface area contributed by atoms with Crippen LogP contribution in [0.15, 0.2) is 48.6 Å². The third-order valence-corrected chi connectivity index (χ3v) is 10.8. The maximum absolute atomic E-state index is 12.8. The van der Waals surface area contributed by atoms with Crippen molar-refractivity contribution in [2.24, 2.45) is 0 Å². The predicted octanol–water partition coefficient (Wildman–Crippen LogP) is 5.97. The summed E-state index contributed by atoms with van der Waals surface area (Å²) in [5.74, 6) is -0.646. The minimum atomic E-state index is -5.15. The summed E-state index contributed by atoms with van der Waals surface area (Å²) in [6.07, 6.45) is 22.6. The Morgan fingerprint density at radius 3 is 1.59 bits per heavy atom. The van der Waals surface area contributed by atoms with Gasteiger partial charge in [0.05, 0.1) is 31.3 Å². The Kier molecular flexibility index (Phi) is 30.0. The van der Waals surface area contributed by atoms with Gasteiger partial charge >= 0.3 is 7.82 Å². The van der Waals surface area contributed by atoms with Gasteiger partial charge in [-0.05, 0) is 57.8 Å². The van der Waals surface area contributed by atoms with Crippen molar-refractivity contribution in [2.45, 2.75) is 204 Å². The van der Waals surface area contributed by atoms with Gasteiger partial charge in [0.25, 0.3) is 0 Å². The molecule has 0 aromatic heterocycles. The number of carbonyl (C=O) groups excluding carboxylic acids is 1. The van der Waals surface area contributed by atoms with Crippen LogP contribution in [0.4, 0.5) is 0 Å². The van der Waals surface area contributed by atoms with E-state index in [4.69, 9.17) is 9.05 Å². The van der Waals surface area contributed by atoms with Gasteiger partial charge < -0.3 is 46.0 Å². The van der Waals surface area contributed by atoms with Crippen LogP contribution in [0.25, 0.3) is 0 Å². The number of aliphatic hydroxyl groups is 7. The SMILES string of the molecule is CCCCCC/C=C\CC(O)CC(=O)NC(COP(=O)(O)OC1C(O)C(O)C(O)C(O)C1O)C(O)/C=C/CC/C=C/CC/C=C/CCCCCCCCCCC. The van der Waals surface area contributed by atoms with E-state index >= 15 is 0 Å². The third kappa shape index (κ3) is 24.2. The van der Waals surface area contributed by atoms with E-state index in [0.29, 0.717) is 12.8 Å². The first-order valence-corrected chi connectivity index (χ1v) is 22.7. The van der Waals surface area contributed by atoms with E-state index in [1.807, 2.05) is 12.2 Å². The fraction of sp³-hybridized carbons (Fsp3) is 0.786. The first-order chi connectivity index (χ1) is 26.8. The summed E-state index contributed by atoms with van der Waals surface area (Å²) in [6, 6.07) is -1.28. The molecule has 0 radical (unpaired) electrons. The Hall–Kier alpha value is -1.74. The lowest BCUT2D eigenvalue weighted by molar-refractivity contribution is -0.220.